The maximum absolute atomic E-state index is 13.3. The Hall–Kier alpha value is -1.33. The SMILES string of the molecule is CC(OC1(c2ccccc2)CC(CCI)CCO1)c1cc(C(F)(F)F)cc(C(F)(F)F)c1. The molecule has 1 aliphatic heterocycles. The van der Waals surface area contributed by atoms with Crippen molar-refractivity contribution in [3.8, 4) is 0 Å². The van der Waals surface area contributed by atoms with E-state index in [0.717, 1.165) is 17.3 Å². The molecule has 0 radical (unpaired) electrons. The Morgan fingerprint density at radius 2 is 1.62 bits per heavy atom. The van der Waals surface area contributed by atoms with E-state index in [1.165, 1.54) is 6.92 Å². The van der Waals surface area contributed by atoms with Crippen LogP contribution in [0.2, 0.25) is 0 Å². The lowest BCUT2D eigenvalue weighted by Crippen LogP contribution is -2.40. The molecule has 0 aliphatic carbocycles. The molecule has 0 amide bonds. The fourth-order valence-electron chi connectivity index (χ4n) is 3.94. The van der Waals surface area contributed by atoms with Crippen LogP contribution in [0.15, 0.2) is 48.5 Å². The van der Waals surface area contributed by atoms with Crippen molar-refractivity contribution < 1.29 is 35.8 Å². The summed E-state index contributed by atoms with van der Waals surface area (Å²) in [4.78, 5) is 0. The molecule has 2 aromatic rings. The van der Waals surface area contributed by atoms with Gasteiger partial charge in [0.25, 0.3) is 0 Å². The minimum atomic E-state index is -4.92. The molecule has 3 rings (SSSR count). The molecule has 1 heterocycles. The minimum Gasteiger partial charge on any atom is -0.346 e. The molecule has 0 saturated carbocycles. The number of hydrogen-bond acceptors (Lipinski definition) is 2. The highest BCUT2D eigenvalue weighted by Gasteiger charge is 2.43. The second-order valence-corrected chi connectivity index (χ2v) is 8.98. The van der Waals surface area contributed by atoms with Crippen LogP contribution < -0.4 is 0 Å². The Morgan fingerprint density at radius 3 is 2.16 bits per heavy atom. The standard InChI is InChI=1S/C23H23F6IO2/c1-15(17-11-19(22(24,25)26)13-20(12-17)23(27,28)29)32-21(18-5-3-2-4-6-18)14-16(7-9-30)8-10-31-21/h2-6,11-13,15-16H,7-10,14H2,1H3. The van der Waals surface area contributed by atoms with Gasteiger partial charge in [0.15, 0.2) is 5.79 Å². The summed E-state index contributed by atoms with van der Waals surface area (Å²) >= 11 is 2.28. The molecular weight excluding hydrogens is 549 g/mol. The molecule has 1 aliphatic rings. The van der Waals surface area contributed by atoms with Crippen LogP contribution in [0.5, 0.6) is 0 Å². The van der Waals surface area contributed by atoms with Crippen molar-refractivity contribution >= 4 is 22.6 Å². The highest BCUT2D eigenvalue weighted by molar-refractivity contribution is 14.1. The molecule has 0 N–H and O–H groups in total. The zero-order chi connectivity index (χ0) is 23.6. The Labute approximate surface area is 196 Å². The third-order valence-corrected chi connectivity index (χ3v) is 6.22. The number of hydrogen-bond donors (Lipinski definition) is 0. The minimum absolute atomic E-state index is 0.122. The second kappa shape index (κ2) is 9.89. The van der Waals surface area contributed by atoms with Gasteiger partial charge in [0.1, 0.15) is 0 Å². The molecule has 32 heavy (non-hydrogen) atoms. The second-order valence-electron chi connectivity index (χ2n) is 7.90. The molecular formula is C23H23F6IO2. The summed E-state index contributed by atoms with van der Waals surface area (Å²) in [5.41, 5.74) is -2.24. The summed E-state index contributed by atoms with van der Waals surface area (Å²) in [6.45, 7) is 1.84. The largest absolute Gasteiger partial charge is 0.416 e. The first kappa shape index (κ1) is 25.3. The maximum Gasteiger partial charge on any atom is 0.416 e. The molecule has 1 fully saturated rings. The van der Waals surface area contributed by atoms with Crippen molar-refractivity contribution in [3.63, 3.8) is 0 Å². The summed E-state index contributed by atoms with van der Waals surface area (Å²) in [6.07, 6.45) is -8.71. The van der Waals surface area contributed by atoms with Crippen molar-refractivity contribution in [1.82, 2.24) is 0 Å². The van der Waals surface area contributed by atoms with Gasteiger partial charge in [-0.1, -0.05) is 52.9 Å². The van der Waals surface area contributed by atoms with Gasteiger partial charge in [-0.25, -0.2) is 0 Å². The van der Waals surface area contributed by atoms with E-state index in [9.17, 15) is 26.3 Å². The number of halogens is 7. The van der Waals surface area contributed by atoms with Crippen LogP contribution >= 0.6 is 22.6 Å². The molecule has 1 saturated heterocycles. The van der Waals surface area contributed by atoms with Crippen LogP contribution in [0.25, 0.3) is 0 Å². The summed E-state index contributed by atoms with van der Waals surface area (Å²) in [6, 6.07) is 10.5. The van der Waals surface area contributed by atoms with Crippen molar-refractivity contribution in [2.45, 2.75) is 50.4 Å². The van der Waals surface area contributed by atoms with E-state index in [-0.39, 0.29) is 17.5 Å². The van der Waals surface area contributed by atoms with E-state index in [2.05, 4.69) is 22.6 Å². The van der Waals surface area contributed by atoms with Crippen LogP contribution in [0.3, 0.4) is 0 Å². The molecule has 0 aromatic heterocycles. The zero-order valence-electron chi connectivity index (χ0n) is 17.3. The average molecular weight is 572 g/mol. The molecule has 2 aromatic carbocycles. The summed E-state index contributed by atoms with van der Waals surface area (Å²) < 4.78 is 93.0. The summed E-state index contributed by atoms with van der Waals surface area (Å²) in [7, 11) is 0. The normalized spacial score (nSPS) is 23.2. The Bertz CT molecular complexity index is 865. The lowest BCUT2D eigenvalue weighted by atomic mass is 9.87. The van der Waals surface area contributed by atoms with Crippen molar-refractivity contribution in [3.05, 3.63) is 70.8 Å². The van der Waals surface area contributed by atoms with Gasteiger partial charge in [-0.3, -0.25) is 0 Å². The van der Waals surface area contributed by atoms with Crippen LogP contribution in [0, 0.1) is 5.92 Å². The van der Waals surface area contributed by atoms with Crippen LogP contribution in [0.4, 0.5) is 26.3 Å². The van der Waals surface area contributed by atoms with Gasteiger partial charge < -0.3 is 9.47 Å². The van der Waals surface area contributed by atoms with Gasteiger partial charge >= 0.3 is 12.4 Å². The average Bonchev–Trinajstić information content (AvgIpc) is 2.73. The Kier molecular flexibility index (Phi) is 7.81. The molecule has 176 valence electrons. The zero-order valence-corrected chi connectivity index (χ0v) is 19.4. The highest BCUT2D eigenvalue weighted by Crippen LogP contribution is 2.45. The predicted molar refractivity (Wildman–Crippen MR) is 116 cm³/mol. The first-order chi connectivity index (χ1) is 14.9. The van der Waals surface area contributed by atoms with E-state index >= 15 is 0 Å². The van der Waals surface area contributed by atoms with E-state index in [4.69, 9.17) is 9.47 Å². The van der Waals surface area contributed by atoms with Gasteiger partial charge in [0, 0.05) is 12.0 Å². The third-order valence-electron chi connectivity index (χ3n) is 5.60. The lowest BCUT2D eigenvalue weighted by molar-refractivity contribution is -0.294. The van der Waals surface area contributed by atoms with Crippen LogP contribution in [0.1, 0.15) is 54.5 Å². The Balaban J connectivity index is 2.00. The quantitative estimate of drug-likeness (QED) is 0.199. The number of ether oxygens (including phenoxy) is 2. The van der Waals surface area contributed by atoms with Crippen LogP contribution in [-0.2, 0) is 27.6 Å². The summed E-state index contributed by atoms with van der Waals surface area (Å²) in [5.74, 6) is -0.984. The number of benzene rings is 2. The van der Waals surface area contributed by atoms with Crippen LogP contribution in [-0.4, -0.2) is 11.0 Å². The van der Waals surface area contributed by atoms with Gasteiger partial charge in [0.2, 0.25) is 0 Å². The van der Waals surface area contributed by atoms with Crippen molar-refractivity contribution in [2.75, 3.05) is 11.0 Å². The van der Waals surface area contributed by atoms with Crippen molar-refractivity contribution in [1.29, 1.82) is 0 Å². The molecule has 3 unspecified atom stereocenters. The fraction of sp³-hybridized carbons (Fsp3) is 0.478. The van der Waals surface area contributed by atoms with Gasteiger partial charge in [-0.05, 0) is 53.9 Å². The molecule has 9 heteroatoms. The molecule has 3 atom stereocenters. The maximum atomic E-state index is 13.3. The van der Waals surface area contributed by atoms with E-state index in [1.807, 2.05) is 6.07 Å². The molecule has 0 bridgehead atoms. The summed E-state index contributed by atoms with van der Waals surface area (Å²) in [5, 5.41) is 0. The molecule has 2 nitrogen and oxygen atoms in total. The van der Waals surface area contributed by atoms with Gasteiger partial charge in [-0.2, -0.15) is 26.3 Å². The smallest absolute Gasteiger partial charge is 0.346 e. The number of alkyl halides is 7. The Morgan fingerprint density at radius 1 is 1.03 bits per heavy atom. The van der Waals surface area contributed by atoms with E-state index in [0.29, 0.717) is 30.7 Å². The first-order valence-electron chi connectivity index (χ1n) is 10.2. The van der Waals surface area contributed by atoms with Gasteiger partial charge in [0.05, 0.1) is 23.8 Å². The van der Waals surface area contributed by atoms with Crippen molar-refractivity contribution in [2.24, 2.45) is 5.92 Å². The van der Waals surface area contributed by atoms with E-state index in [1.54, 1.807) is 24.3 Å². The third kappa shape index (κ3) is 5.96. The predicted octanol–water partition coefficient (Wildman–Crippen LogP) is 7.91. The number of rotatable bonds is 6. The highest BCUT2D eigenvalue weighted by atomic mass is 127. The fourth-order valence-corrected chi connectivity index (χ4v) is 4.82. The molecule has 0 spiro atoms. The van der Waals surface area contributed by atoms with E-state index < -0.39 is 35.4 Å². The van der Waals surface area contributed by atoms with Gasteiger partial charge in [-0.15, -0.1) is 0 Å². The first-order valence-corrected chi connectivity index (χ1v) is 11.7. The topological polar surface area (TPSA) is 18.5 Å². The monoisotopic (exact) mass is 572 g/mol. The lowest BCUT2D eigenvalue weighted by Gasteiger charge is -2.42.